The Kier molecular flexibility index (Phi) is 8.51. The third-order valence-corrected chi connectivity index (χ3v) is 7.26. The van der Waals surface area contributed by atoms with Crippen LogP contribution in [0.2, 0.25) is 19.6 Å². The number of hydrogen-bond acceptors (Lipinski definition) is 11. The first kappa shape index (κ1) is 26.5. The van der Waals surface area contributed by atoms with E-state index in [0.29, 0.717) is 0 Å². The van der Waals surface area contributed by atoms with Gasteiger partial charge in [-0.1, -0.05) is 19.6 Å². The van der Waals surface area contributed by atoms with Crippen molar-refractivity contribution in [1.29, 1.82) is 0 Å². The van der Waals surface area contributed by atoms with Gasteiger partial charge in [-0.2, -0.15) is 9.97 Å². The standard InChI is InChI=1S/C21H27N3O9Si/c1-12(25)11-31-19-14(24(27)28)8-9-15(18(19)20(26)32-13(2)34(5,6)7)33-21-22-16(29-3)10-17(23-21)30-4/h8-10,13H,11H2,1-7H3. The molecule has 0 amide bonds. The third-order valence-electron chi connectivity index (χ3n) is 4.70. The molecule has 0 aliphatic carbocycles. The monoisotopic (exact) mass is 493 g/mol. The van der Waals surface area contributed by atoms with Gasteiger partial charge in [0.2, 0.25) is 17.5 Å². The molecule has 0 aliphatic heterocycles. The predicted molar refractivity (Wildman–Crippen MR) is 123 cm³/mol. The van der Waals surface area contributed by atoms with Crippen LogP contribution in [-0.4, -0.2) is 61.3 Å². The minimum Gasteiger partial charge on any atom is -0.481 e. The van der Waals surface area contributed by atoms with Gasteiger partial charge in [0.15, 0.2) is 11.3 Å². The first-order valence-electron chi connectivity index (χ1n) is 10.2. The lowest BCUT2D eigenvalue weighted by atomic mass is 10.1. The number of nitro groups is 1. The largest absolute Gasteiger partial charge is 0.481 e. The van der Waals surface area contributed by atoms with E-state index in [1.807, 2.05) is 19.6 Å². The maximum atomic E-state index is 13.2. The Hall–Kier alpha value is -3.74. The van der Waals surface area contributed by atoms with Gasteiger partial charge in [0, 0.05) is 6.07 Å². The van der Waals surface area contributed by atoms with Crippen molar-refractivity contribution in [3.8, 4) is 29.3 Å². The van der Waals surface area contributed by atoms with Crippen molar-refractivity contribution in [2.75, 3.05) is 20.8 Å². The number of ketones is 1. The molecular formula is C21H27N3O9Si. The average Bonchev–Trinajstić information content (AvgIpc) is 2.76. The lowest BCUT2D eigenvalue weighted by Gasteiger charge is -2.25. The maximum Gasteiger partial charge on any atom is 0.346 e. The molecular weight excluding hydrogens is 466 g/mol. The highest BCUT2D eigenvalue weighted by molar-refractivity contribution is 6.77. The fourth-order valence-corrected chi connectivity index (χ4v) is 2.89. The molecule has 34 heavy (non-hydrogen) atoms. The van der Waals surface area contributed by atoms with Crippen LogP contribution >= 0.6 is 0 Å². The smallest absolute Gasteiger partial charge is 0.346 e. The van der Waals surface area contributed by atoms with Gasteiger partial charge in [0.05, 0.1) is 39.0 Å². The number of nitrogens with zero attached hydrogens (tertiary/aromatic N) is 3. The summed E-state index contributed by atoms with van der Waals surface area (Å²) in [6.45, 7) is 8.48. The van der Waals surface area contributed by atoms with Gasteiger partial charge in [-0.25, -0.2) is 4.79 Å². The Morgan fingerprint density at radius 3 is 2.18 bits per heavy atom. The molecule has 0 aliphatic rings. The molecule has 0 fully saturated rings. The molecule has 0 spiro atoms. The van der Waals surface area contributed by atoms with Crippen molar-refractivity contribution < 1.29 is 38.2 Å². The van der Waals surface area contributed by atoms with Crippen LogP contribution in [0.15, 0.2) is 18.2 Å². The van der Waals surface area contributed by atoms with Gasteiger partial charge in [0.25, 0.3) is 0 Å². The molecule has 0 saturated heterocycles. The van der Waals surface area contributed by atoms with Crippen molar-refractivity contribution >= 4 is 25.5 Å². The average molecular weight is 494 g/mol. The van der Waals surface area contributed by atoms with Gasteiger partial charge in [-0.3, -0.25) is 14.9 Å². The molecule has 0 saturated carbocycles. The van der Waals surface area contributed by atoms with Gasteiger partial charge in [-0.15, -0.1) is 0 Å². The van der Waals surface area contributed by atoms with E-state index in [0.717, 1.165) is 6.07 Å². The Bertz CT molecular complexity index is 1060. The summed E-state index contributed by atoms with van der Waals surface area (Å²) in [5, 5.41) is 11.7. The van der Waals surface area contributed by atoms with E-state index in [9.17, 15) is 19.7 Å². The minimum absolute atomic E-state index is 0.119. The molecule has 1 unspecified atom stereocenters. The molecule has 1 aromatic carbocycles. The Morgan fingerprint density at radius 2 is 1.71 bits per heavy atom. The Labute approximate surface area is 197 Å². The van der Waals surface area contributed by atoms with Crippen molar-refractivity contribution in [2.24, 2.45) is 0 Å². The molecule has 0 bridgehead atoms. The summed E-state index contributed by atoms with van der Waals surface area (Å²) < 4.78 is 26.9. The second-order valence-corrected chi connectivity index (χ2v) is 13.8. The zero-order valence-corrected chi connectivity index (χ0v) is 21.0. The molecule has 2 rings (SSSR count). The highest BCUT2D eigenvalue weighted by Gasteiger charge is 2.34. The van der Waals surface area contributed by atoms with Crippen LogP contribution in [0.1, 0.15) is 24.2 Å². The molecule has 1 heterocycles. The summed E-state index contributed by atoms with van der Waals surface area (Å²) in [6, 6.07) is 3.44. The number of methoxy groups -OCH3 is 2. The minimum atomic E-state index is -1.93. The molecule has 12 nitrogen and oxygen atoms in total. The molecule has 0 N–H and O–H groups in total. The van der Waals surface area contributed by atoms with Crippen LogP contribution in [0.3, 0.4) is 0 Å². The number of carbonyl (C=O) groups is 2. The molecule has 13 heteroatoms. The zero-order valence-electron chi connectivity index (χ0n) is 20.0. The summed E-state index contributed by atoms with van der Waals surface area (Å²) in [4.78, 5) is 43.8. The van der Waals surface area contributed by atoms with E-state index in [1.165, 1.54) is 33.3 Å². The number of esters is 1. The number of Topliss-reactive ketones (excluding diaryl/α,β-unsaturated/α-hetero) is 1. The fraction of sp³-hybridized carbons (Fsp3) is 0.429. The van der Waals surface area contributed by atoms with Crippen LogP contribution in [0.4, 0.5) is 5.69 Å². The third kappa shape index (κ3) is 6.63. The number of rotatable bonds is 11. The molecule has 1 aromatic heterocycles. The van der Waals surface area contributed by atoms with Crippen LogP contribution < -0.4 is 18.9 Å². The first-order chi connectivity index (χ1) is 15.9. The molecule has 0 radical (unpaired) electrons. The van der Waals surface area contributed by atoms with E-state index in [2.05, 4.69) is 9.97 Å². The number of nitro benzene ring substituents is 1. The van der Waals surface area contributed by atoms with Gasteiger partial charge < -0.3 is 23.7 Å². The van der Waals surface area contributed by atoms with Gasteiger partial charge in [-0.05, 0) is 19.9 Å². The van der Waals surface area contributed by atoms with Crippen LogP contribution in [-0.2, 0) is 9.53 Å². The summed E-state index contributed by atoms with van der Waals surface area (Å²) in [7, 11) is 0.829. The number of ether oxygens (including phenoxy) is 5. The number of aromatic nitrogens is 2. The number of hydrogen-bond donors (Lipinski definition) is 0. The first-order valence-corrected chi connectivity index (χ1v) is 13.7. The Balaban J connectivity index is 2.67. The SMILES string of the molecule is COc1cc(OC)nc(Oc2ccc([N+](=O)[O-])c(OCC(C)=O)c2C(=O)OC(C)[Si](C)(C)C)n1. The summed E-state index contributed by atoms with van der Waals surface area (Å²) in [5.41, 5.74) is -1.35. The molecule has 1 atom stereocenters. The van der Waals surface area contributed by atoms with E-state index in [4.69, 9.17) is 23.7 Å². The lowest BCUT2D eigenvalue weighted by Crippen LogP contribution is -2.39. The second-order valence-electron chi connectivity index (χ2n) is 8.29. The van der Waals surface area contributed by atoms with Gasteiger partial charge >= 0.3 is 17.7 Å². The van der Waals surface area contributed by atoms with Crippen LogP contribution in [0.25, 0.3) is 0 Å². The summed E-state index contributed by atoms with van der Waals surface area (Å²) in [5.74, 6) is -1.72. The van der Waals surface area contributed by atoms with E-state index in [-0.39, 0.29) is 29.1 Å². The highest BCUT2D eigenvalue weighted by atomic mass is 28.3. The highest BCUT2D eigenvalue weighted by Crippen LogP contribution is 2.40. The quantitative estimate of drug-likeness (QED) is 0.195. The Morgan fingerprint density at radius 1 is 1.12 bits per heavy atom. The van der Waals surface area contributed by atoms with E-state index >= 15 is 0 Å². The molecule has 184 valence electrons. The van der Waals surface area contributed by atoms with Crippen molar-refractivity contribution in [3.05, 3.63) is 33.9 Å². The summed E-state index contributed by atoms with van der Waals surface area (Å²) in [6.07, 6.45) is 0. The van der Waals surface area contributed by atoms with E-state index in [1.54, 1.807) is 6.92 Å². The maximum absolute atomic E-state index is 13.2. The van der Waals surface area contributed by atoms with Crippen molar-refractivity contribution in [2.45, 2.75) is 39.2 Å². The fourth-order valence-electron chi connectivity index (χ4n) is 2.43. The molecule has 2 aromatic rings. The van der Waals surface area contributed by atoms with Gasteiger partial charge in [0.1, 0.15) is 12.4 Å². The van der Waals surface area contributed by atoms with Crippen molar-refractivity contribution in [1.82, 2.24) is 9.97 Å². The number of carbonyl (C=O) groups excluding carboxylic acids is 2. The number of benzene rings is 1. The van der Waals surface area contributed by atoms with Crippen LogP contribution in [0, 0.1) is 10.1 Å². The normalized spacial score (nSPS) is 11.9. The summed E-state index contributed by atoms with van der Waals surface area (Å²) >= 11 is 0. The second kappa shape index (κ2) is 10.9. The zero-order chi connectivity index (χ0) is 25.6. The predicted octanol–water partition coefficient (Wildman–Crippen LogP) is 3.58. The lowest BCUT2D eigenvalue weighted by molar-refractivity contribution is -0.385. The van der Waals surface area contributed by atoms with E-state index < -0.39 is 48.5 Å². The van der Waals surface area contributed by atoms with Crippen LogP contribution in [0.5, 0.6) is 29.3 Å². The van der Waals surface area contributed by atoms with Crippen molar-refractivity contribution in [3.63, 3.8) is 0 Å². The topological polar surface area (TPSA) is 149 Å².